The highest BCUT2D eigenvalue weighted by Crippen LogP contribution is 2.28. The van der Waals surface area contributed by atoms with Crippen molar-refractivity contribution in [2.24, 2.45) is 0 Å². The van der Waals surface area contributed by atoms with Gasteiger partial charge in [0.05, 0.1) is 6.10 Å². The third kappa shape index (κ3) is 1.85. The van der Waals surface area contributed by atoms with Crippen molar-refractivity contribution in [1.82, 2.24) is 5.32 Å². The SMILES string of the molecule is CC1NCC(c2ccccc2Cl)O1. The number of ether oxygens (including phenoxy) is 1. The lowest BCUT2D eigenvalue weighted by atomic mass is 10.1. The molecule has 0 bridgehead atoms. The van der Waals surface area contributed by atoms with Gasteiger partial charge in [0.15, 0.2) is 0 Å². The van der Waals surface area contributed by atoms with Crippen molar-refractivity contribution in [2.75, 3.05) is 6.54 Å². The lowest BCUT2D eigenvalue weighted by Crippen LogP contribution is -2.17. The Hall–Kier alpha value is -0.570. The molecule has 2 unspecified atom stereocenters. The summed E-state index contributed by atoms with van der Waals surface area (Å²) >= 11 is 6.04. The molecule has 1 fully saturated rings. The molecule has 2 nitrogen and oxygen atoms in total. The lowest BCUT2D eigenvalue weighted by Gasteiger charge is -2.11. The summed E-state index contributed by atoms with van der Waals surface area (Å²) in [5.41, 5.74) is 1.07. The maximum atomic E-state index is 6.04. The average molecular weight is 198 g/mol. The highest BCUT2D eigenvalue weighted by atomic mass is 35.5. The number of hydrogen-bond acceptors (Lipinski definition) is 2. The molecule has 2 rings (SSSR count). The van der Waals surface area contributed by atoms with Crippen molar-refractivity contribution in [3.8, 4) is 0 Å². The van der Waals surface area contributed by atoms with Gasteiger partial charge in [-0.1, -0.05) is 29.8 Å². The van der Waals surface area contributed by atoms with E-state index in [1.54, 1.807) is 0 Å². The van der Waals surface area contributed by atoms with Gasteiger partial charge in [-0.15, -0.1) is 0 Å². The number of nitrogens with one attached hydrogen (secondary N) is 1. The fourth-order valence-corrected chi connectivity index (χ4v) is 1.79. The first-order valence-electron chi connectivity index (χ1n) is 4.40. The van der Waals surface area contributed by atoms with Crippen molar-refractivity contribution in [1.29, 1.82) is 0 Å². The molecule has 3 heteroatoms. The zero-order chi connectivity index (χ0) is 9.26. The summed E-state index contributed by atoms with van der Waals surface area (Å²) in [7, 11) is 0. The third-order valence-electron chi connectivity index (χ3n) is 2.21. The van der Waals surface area contributed by atoms with Gasteiger partial charge in [0.25, 0.3) is 0 Å². The third-order valence-corrected chi connectivity index (χ3v) is 2.56. The van der Waals surface area contributed by atoms with Crippen molar-refractivity contribution in [3.63, 3.8) is 0 Å². The number of halogens is 1. The summed E-state index contributed by atoms with van der Waals surface area (Å²) in [4.78, 5) is 0. The van der Waals surface area contributed by atoms with E-state index in [0.29, 0.717) is 0 Å². The number of hydrogen-bond donors (Lipinski definition) is 1. The van der Waals surface area contributed by atoms with Crippen LogP contribution in [0.15, 0.2) is 24.3 Å². The van der Waals surface area contributed by atoms with Crippen LogP contribution in [0.5, 0.6) is 0 Å². The molecule has 0 radical (unpaired) electrons. The molecule has 1 aliphatic rings. The summed E-state index contributed by atoms with van der Waals surface area (Å²) in [6, 6.07) is 7.81. The molecule has 0 saturated carbocycles. The first-order chi connectivity index (χ1) is 6.27. The van der Waals surface area contributed by atoms with Crippen LogP contribution in [-0.2, 0) is 4.74 Å². The normalized spacial score (nSPS) is 27.8. The second-order valence-corrected chi connectivity index (χ2v) is 3.60. The Kier molecular flexibility index (Phi) is 2.54. The molecule has 1 aliphatic heterocycles. The molecule has 1 aromatic carbocycles. The van der Waals surface area contributed by atoms with E-state index in [-0.39, 0.29) is 12.3 Å². The fraction of sp³-hybridized carbons (Fsp3) is 0.400. The monoisotopic (exact) mass is 197 g/mol. The highest BCUT2D eigenvalue weighted by molar-refractivity contribution is 6.31. The van der Waals surface area contributed by atoms with Gasteiger partial charge in [-0.3, -0.25) is 5.32 Å². The van der Waals surface area contributed by atoms with Gasteiger partial charge in [0.2, 0.25) is 0 Å². The molecule has 0 aromatic heterocycles. The zero-order valence-electron chi connectivity index (χ0n) is 7.46. The van der Waals surface area contributed by atoms with Crippen molar-refractivity contribution in [2.45, 2.75) is 19.3 Å². The smallest absolute Gasteiger partial charge is 0.106 e. The molecular weight excluding hydrogens is 186 g/mol. The minimum absolute atomic E-state index is 0.101. The summed E-state index contributed by atoms with van der Waals surface area (Å²) in [5, 5.41) is 4.00. The van der Waals surface area contributed by atoms with Crippen LogP contribution in [-0.4, -0.2) is 12.8 Å². The van der Waals surface area contributed by atoms with Crippen LogP contribution in [0.4, 0.5) is 0 Å². The maximum Gasteiger partial charge on any atom is 0.106 e. The number of benzene rings is 1. The van der Waals surface area contributed by atoms with Crippen LogP contribution in [0.3, 0.4) is 0 Å². The topological polar surface area (TPSA) is 21.3 Å². The van der Waals surface area contributed by atoms with Crippen LogP contribution < -0.4 is 5.32 Å². The van der Waals surface area contributed by atoms with E-state index in [0.717, 1.165) is 17.1 Å². The van der Waals surface area contributed by atoms with Crippen molar-refractivity contribution >= 4 is 11.6 Å². The van der Waals surface area contributed by atoms with Crippen LogP contribution >= 0.6 is 11.6 Å². The summed E-state index contributed by atoms with van der Waals surface area (Å²) in [6.07, 6.45) is 0.227. The molecule has 1 heterocycles. The van der Waals surface area contributed by atoms with Crippen LogP contribution in [0.25, 0.3) is 0 Å². The van der Waals surface area contributed by atoms with E-state index in [9.17, 15) is 0 Å². The van der Waals surface area contributed by atoms with E-state index >= 15 is 0 Å². The van der Waals surface area contributed by atoms with Crippen molar-refractivity contribution in [3.05, 3.63) is 34.9 Å². The number of rotatable bonds is 1. The van der Waals surface area contributed by atoms with Crippen molar-refractivity contribution < 1.29 is 4.74 Å². The van der Waals surface area contributed by atoms with E-state index < -0.39 is 0 Å². The Morgan fingerprint density at radius 3 is 2.85 bits per heavy atom. The quantitative estimate of drug-likeness (QED) is 0.746. The minimum Gasteiger partial charge on any atom is -0.354 e. The van der Waals surface area contributed by atoms with E-state index in [4.69, 9.17) is 16.3 Å². The Balaban J connectivity index is 2.21. The second-order valence-electron chi connectivity index (χ2n) is 3.20. The van der Waals surface area contributed by atoms with E-state index in [2.05, 4.69) is 5.32 Å². The van der Waals surface area contributed by atoms with Crippen LogP contribution in [0, 0.1) is 0 Å². The second kappa shape index (κ2) is 3.66. The average Bonchev–Trinajstić information content (AvgIpc) is 2.53. The van der Waals surface area contributed by atoms with Gasteiger partial charge in [-0.05, 0) is 13.0 Å². The van der Waals surface area contributed by atoms with Gasteiger partial charge in [0.1, 0.15) is 6.23 Å². The van der Waals surface area contributed by atoms with Gasteiger partial charge < -0.3 is 4.74 Å². The van der Waals surface area contributed by atoms with Crippen LogP contribution in [0.2, 0.25) is 5.02 Å². The molecule has 0 aliphatic carbocycles. The summed E-state index contributed by atoms with van der Waals surface area (Å²) in [5.74, 6) is 0. The standard InChI is InChI=1S/C10H12ClNO/c1-7-12-6-10(13-7)8-4-2-3-5-9(8)11/h2-5,7,10,12H,6H2,1H3. The van der Waals surface area contributed by atoms with E-state index in [1.807, 2.05) is 31.2 Å². The predicted molar refractivity (Wildman–Crippen MR) is 52.7 cm³/mol. The molecule has 1 N–H and O–H groups in total. The highest BCUT2D eigenvalue weighted by Gasteiger charge is 2.23. The Morgan fingerprint density at radius 2 is 2.23 bits per heavy atom. The van der Waals surface area contributed by atoms with Gasteiger partial charge >= 0.3 is 0 Å². The lowest BCUT2D eigenvalue weighted by molar-refractivity contribution is 0.0530. The first kappa shape index (κ1) is 9.00. The maximum absolute atomic E-state index is 6.04. The molecule has 0 spiro atoms. The van der Waals surface area contributed by atoms with Crippen LogP contribution in [0.1, 0.15) is 18.6 Å². The Labute approximate surface area is 82.9 Å². The molecule has 0 amide bonds. The fourth-order valence-electron chi connectivity index (χ4n) is 1.54. The van der Waals surface area contributed by atoms with Gasteiger partial charge in [0, 0.05) is 17.1 Å². The Morgan fingerprint density at radius 1 is 1.46 bits per heavy atom. The molecule has 1 aromatic rings. The van der Waals surface area contributed by atoms with Gasteiger partial charge in [-0.25, -0.2) is 0 Å². The predicted octanol–water partition coefficient (Wildman–Crippen LogP) is 2.35. The molecule has 70 valence electrons. The molecule has 2 atom stereocenters. The molecule has 13 heavy (non-hydrogen) atoms. The first-order valence-corrected chi connectivity index (χ1v) is 4.78. The summed E-state index contributed by atoms with van der Waals surface area (Å²) < 4.78 is 5.63. The molecular formula is C10H12ClNO. The zero-order valence-corrected chi connectivity index (χ0v) is 8.21. The van der Waals surface area contributed by atoms with E-state index in [1.165, 1.54) is 0 Å². The van der Waals surface area contributed by atoms with Gasteiger partial charge in [-0.2, -0.15) is 0 Å². The molecule has 1 saturated heterocycles. The minimum atomic E-state index is 0.101. The largest absolute Gasteiger partial charge is 0.354 e. The Bertz CT molecular complexity index is 303. The summed E-state index contributed by atoms with van der Waals surface area (Å²) in [6.45, 7) is 2.84.